The topological polar surface area (TPSA) is 66.0 Å². The van der Waals surface area contributed by atoms with Crippen molar-refractivity contribution in [2.45, 2.75) is 26.2 Å². The number of aromatic carboxylic acids is 1. The molecular formula is C9H15ClN2O2. The highest BCUT2D eigenvalue weighted by Gasteiger charge is 1.99. The van der Waals surface area contributed by atoms with Crippen LogP contribution >= 0.6 is 11.6 Å². The van der Waals surface area contributed by atoms with Crippen LogP contribution in [0.25, 0.3) is 0 Å². The Morgan fingerprint density at radius 2 is 2.36 bits per heavy atom. The minimum Gasteiger partial charge on any atom is -0.477 e. The second-order valence-corrected chi connectivity index (χ2v) is 3.05. The lowest BCUT2D eigenvalue weighted by molar-refractivity contribution is 0.0690. The van der Waals surface area contributed by atoms with Crippen LogP contribution in [0.5, 0.6) is 0 Å². The van der Waals surface area contributed by atoms with Crippen molar-refractivity contribution in [3.63, 3.8) is 0 Å². The molecule has 0 aliphatic rings. The first-order valence-electron chi connectivity index (χ1n) is 4.51. The number of aromatic amines is 1. The SMILES string of the molecule is CCCCCCl.O=C(O)c1ccn[nH]1. The molecule has 0 aromatic carbocycles. The summed E-state index contributed by atoms with van der Waals surface area (Å²) in [5.41, 5.74) is 0.116. The summed E-state index contributed by atoms with van der Waals surface area (Å²) in [5.74, 6) is -0.157. The maximum atomic E-state index is 9.99. The van der Waals surface area contributed by atoms with Crippen LogP contribution in [-0.2, 0) is 0 Å². The highest BCUT2D eigenvalue weighted by Crippen LogP contribution is 1.93. The Hall–Kier alpha value is -1.03. The number of nitrogens with one attached hydrogen (secondary N) is 1. The van der Waals surface area contributed by atoms with Crippen LogP contribution < -0.4 is 0 Å². The van der Waals surface area contributed by atoms with Gasteiger partial charge in [0.25, 0.3) is 0 Å². The number of carbonyl (C=O) groups is 1. The molecule has 0 aliphatic heterocycles. The molecule has 14 heavy (non-hydrogen) atoms. The largest absolute Gasteiger partial charge is 0.477 e. The van der Waals surface area contributed by atoms with Crippen molar-refractivity contribution < 1.29 is 9.90 Å². The number of nitrogens with zero attached hydrogens (tertiary/aromatic N) is 1. The molecule has 0 saturated carbocycles. The van der Waals surface area contributed by atoms with Crippen LogP contribution in [0.15, 0.2) is 12.3 Å². The van der Waals surface area contributed by atoms with Gasteiger partial charge in [-0.25, -0.2) is 4.79 Å². The first kappa shape index (κ1) is 13.0. The Morgan fingerprint density at radius 1 is 1.64 bits per heavy atom. The third-order valence-corrected chi connectivity index (χ3v) is 1.74. The first-order valence-corrected chi connectivity index (χ1v) is 5.04. The molecule has 0 amide bonds. The maximum absolute atomic E-state index is 9.99. The van der Waals surface area contributed by atoms with E-state index in [9.17, 15) is 4.79 Å². The molecule has 0 aliphatic carbocycles. The molecule has 0 spiro atoms. The van der Waals surface area contributed by atoms with Gasteiger partial charge < -0.3 is 5.11 Å². The molecule has 0 radical (unpaired) electrons. The molecule has 1 heterocycles. The predicted molar refractivity (Wildman–Crippen MR) is 55.8 cm³/mol. The third-order valence-electron chi connectivity index (χ3n) is 1.47. The smallest absolute Gasteiger partial charge is 0.353 e. The Balaban J connectivity index is 0.000000255. The predicted octanol–water partition coefficient (Wildman–Crippen LogP) is 2.52. The van der Waals surface area contributed by atoms with Crippen LogP contribution in [0.1, 0.15) is 36.7 Å². The molecule has 0 bridgehead atoms. The second-order valence-electron chi connectivity index (χ2n) is 2.67. The Bertz CT molecular complexity index is 233. The Kier molecular flexibility index (Phi) is 7.93. The normalized spacial score (nSPS) is 9.00. The van der Waals surface area contributed by atoms with Gasteiger partial charge in [-0.1, -0.05) is 19.8 Å². The number of alkyl halides is 1. The summed E-state index contributed by atoms with van der Waals surface area (Å²) < 4.78 is 0. The van der Waals surface area contributed by atoms with E-state index in [2.05, 4.69) is 17.1 Å². The summed E-state index contributed by atoms with van der Waals surface area (Å²) in [6, 6.07) is 1.39. The zero-order valence-electron chi connectivity index (χ0n) is 8.16. The first-order chi connectivity index (χ1) is 6.72. The molecule has 2 N–H and O–H groups in total. The average molecular weight is 219 g/mol. The molecule has 80 valence electrons. The van der Waals surface area contributed by atoms with Gasteiger partial charge in [-0.2, -0.15) is 5.10 Å². The van der Waals surface area contributed by atoms with Crippen molar-refractivity contribution in [1.82, 2.24) is 10.2 Å². The molecule has 0 fully saturated rings. The van der Waals surface area contributed by atoms with E-state index in [4.69, 9.17) is 16.7 Å². The number of aromatic nitrogens is 2. The number of halogens is 1. The van der Waals surface area contributed by atoms with Crippen molar-refractivity contribution >= 4 is 17.6 Å². The number of unbranched alkanes of at least 4 members (excludes halogenated alkanes) is 2. The summed E-state index contributed by atoms with van der Waals surface area (Å²) in [6.07, 6.45) is 5.12. The van der Waals surface area contributed by atoms with Crippen molar-refractivity contribution in [1.29, 1.82) is 0 Å². The molecule has 1 rings (SSSR count). The van der Waals surface area contributed by atoms with Crippen LogP contribution in [0, 0.1) is 0 Å². The van der Waals surface area contributed by atoms with Crippen molar-refractivity contribution in [3.05, 3.63) is 18.0 Å². The fraction of sp³-hybridized carbons (Fsp3) is 0.556. The molecule has 0 saturated heterocycles. The Labute approximate surface area is 88.3 Å². The molecule has 1 aromatic heterocycles. The van der Waals surface area contributed by atoms with E-state index >= 15 is 0 Å². The fourth-order valence-electron chi connectivity index (χ4n) is 0.719. The quantitative estimate of drug-likeness (QED) is 0.603. The lowest BCUT2D eigenvalue weighted by Crippen LogP contribution is -1.95. The number of carboxylic acid groups (broad SMARTS) is 1. The molecule has 1 aromatic rings. The number of H-pyrrole nitrogens is 1. The van der Waals surface area contributed by atoms with Gasteiger partial charge in [0.05, 0.1) is 0 Å². The standard InChI is InChI=1S/C5H11Cl.C4H4N2O2/c1-2-3-4-5-6;7-4(8)3-1-2-5-6-3/h2-5H2,1H3;1-2H,(H,5,6)(H,7,8). The summed E-state index contributed by atoms with van der Waals surface area (Å²) in [4.78, 5) is 9.99. The van der Waals surface area contributed by atoms with E-state index in [1.54, 1.807) is 0 Å². The lowest BCUT2D eigenvalue weighted by atomic mass is 10.3. The number of carboxylic acids is 1. The highest BCUT2D eigenvalue weighted by atomic mass is 35.5. The van der Waals surface area contributed by atoms with Crippen LogP contribution in [0.3, 0.4) is 0 Å². The summed E-state index contributed by atoms with van der Waals surface area (Å²) in [6.45, 7) is 2.17. The van der Waals surface area contributed by atoms with Crippen molar-refractivity contribution in [3.8, 4) is 0 Å². The molecular weight excluding hydrogens is 204 g/mol. The summed E-state index contributed by atoms with van der Waals surface area (Å²) in [5, 5.41) is 13.9. The highest BCUT2D eigenvalue weighted by molar-refractivity contribution is 6.17. The molecule has 4 nitrogen and oxygen atoms in total. The number of rotatable bonds is 4. The molecule has 0 atom stereocenters. The van der Waals surface area contributed by atoms with E-state index in [1.165, 1.54) is 31.5 Å². The molecule has 0 unspecified atom stereocenters. The van der Waals surface area contributed by atoms with Gasteiger partial charge in [-0.3, -0.25) is 5.10 Å². The third kappa shape index (κ3) is 6.48. The van der Waals surface area contributed by atoms with E-state index in [1.807, 2.05) is 0 Å². The zero-order chi connectivity index (χ0) is 10.8. The van der Waals surface area contributed by atoms with E-state index in [-0.39, 0.29) is 5.69 Å². The van der Waals surface area contributed by atoms with Gasteiger partial charge in [0.15, 0.2) is 0 Å². The summed E-state index contributed by atoms with van der Waals surface area (Å²) in [7, 11) is 0. The fourth-order valence-corrected chi connectivity index (χ4v) is 0.908. The zero-order valence-corrected chi connectivity index (χ0v) is 8.92. The average Bonchev–Trinajstić information content (AvgIpc) is 2.68. The van der Waals surface area contributed by atoms with E-state index < -0.39 is 5.97 Å². The van der Waals surface area contributed by atoms with E-state index in [0.717, 1.165) is 5.88 Å². The second kappa shape index (κ2) is 8.56. The molecule has 5 heteroatoms. The minimum absolute atomic E-state index is 0.116. The Morgan fingerprint density at radius 3 is 2.57 bits per heavy atom. The van der Waals surface area contributed by atoms with Crippen LogP contribution in [0.4, 0.5) is 0 Å². The van der Waals surface area contributed by atoms with Crippen molar-refractivity contribution in [2.75, 3.05) is 5.88 Å². The number of hydrogen-bond donors (Lipinski definition) is 2. The van der Waals surface area contributed by atoms with Gasteiger partial charge in [0, 0.05) is 12.1 Å². The minimum atomic E-state index is -0.984. The van der Waals surface area contributed by atoms with Crippen molar-refractivity contribution in [2.24, 2.45) is 0 Å². The van der Waals surface area contributed by atoms with Crippen LogP contribution in [0.2, 0.25) is 0 Å². The lowest BCUT2D eigenvalue weighted by Gasteiger charge is -1.84. The van der Waals surface area contributed by atoms with Gasteiger partial charge in [0.2, 0.25) is 0 Å². The van der Waals surface area contributed by atoms with Gasteiger partial charge in [-0.05, 0) is 12.5 Å². The summed E-state index contributed by atoms with van der Waals surface area (Å²) >= 11 is 5.38. The van der Waals surface area contributed by atoms with E-state index in [0.29, 0.717) is 0 Å². The van der Waals surface area contributed by atoms with Gasteiger partial charge in [0.1, 0.15) is 5.69 Å². The number of hydrogen-bond acceptors (Lipinski definition) is 2. The monoisotopic (exact) mass is 218 g/mol. The van der Waals surface area contributed by atoms with Gasteiger partial charge in [-0.15, -0.1) is 11.6 Å². The maximum Gasteiger partial charge on any atom is 0.353 e. The van der Waals surface area contributed by atoms with Crippen LogP contribution in [-0.4, -0.2) is 27.2 Å². The van der Waals surface area contributed by atoms with Gasteiger partial charge >= 0.3 is 5.97 Å².